The number of nitrogens with zero attached hydrogens (tertiary/aromatic N) is 3. The molecule has 0 spiro atoms. The van der Waals surface area contributed by atoms with Gasteiger partial charge in [-0.25, -0.2) is 14.5 Å². The summed E-state index contributed by atoms with van der Waals surface area (Å²) in [6.07, 6.45) is -3.69. The average Bonchev–Trinajstić information content (AvgIpc) is 2.80. The minimum Gasteiger partial charge on any atom is -0.444 e. The summed E-state index contributed by atoms with van der Waals surface area (Å²) in [4.78, 5) is 15.5. The fraction of sp³-hybridized carbons (Fsp3) is 0.357. The van der Waals surface area contributed by atoms with Crippen LogP contribution in [0.5, 0.6) is 0 Å². The largest absolute Gasteiger partial charge is 0.444 e. The molecular weight excluding hydrogens is 349 g/mol. The number of halogens is 4. The zero-order chi connectivity index (χ0) is 18.1. The van der Waals surface area contributed by atoms with Gasteiger partial charge in [0, 0.05) is 6.20 Å². The van der Waals surface area contributed by atoms with Crippen molar-refractivity contribution in [2.75, 3.05) is 5.32 Å². The van der Waals surface area contributed by atoms with Gasteiger partial charge in [-0.05, 0) is 32.9 Å². The summed E-state index contributed by atoms with van der Waals surface area (Å²) in [6.45, 7) is 4.77. The van der Waals surface area contributed by atoms with Crippen LogP contribution in [0.25, 0.3) is 5.82 Å². The Morgan fingerprint density at radius 2 is 2.00 bits per heavy atom. The monoisotopic (exact) mass is 362 g/mol. The first-order valence-corrected chi connectivity index (χ1v) is 7.13. The number of ether oxygens (including phenoxy) is 1. The van der Waals surface area contributed by atoms with Crippen LogP contribution in [0.3, 0.4) is 0 Å². The molecule has 0 fully saturated rings. The van der Waals surface area contributed by atoms with E-state index in [1.165, 1.54) is 18.3 Å². The van der Waals surface area contributed by atoms with Crippen LogP contribution >= 0.6 is 11.6 Å². The van der Waals surface area contributed by atoms with Crippen molar-refractivity contribution in [1.82, 2.24) is 14.8 Å². The maximum Gasteiger partial charge on any atom is 0.435 e. The number of pyridine rings is 1. The summed E-state index contributed by atoms with van der Waals surface area (Å²) in [5.41, 5.74) is -2.63. The van der Waals surface area contributed by atoms with Crippen LogP contribution in [-0.4, -0.2) is 26.5 Å². The van der Waals surface area contributed by atoms with Gasteiger partial charge in [0.2, 0.25) is 0 Å². The van der Waals surface area contributed by atoms with Gasteiger partial charge in [0.15, 0.2) is 11.5 Å². The van der Waals surface area contributed by atoms with E-state index in [-0.39, 0.29) is 10.8 Å². The molecule has 1 amide bonds. The predicted octanol–water partition coefficient (Wildman–Crippen LogP) is 4.29. The van der Waals surface area contributed by atoms with Crippen molar-refractivity contribution in [3.8, 4) is 5.82 Å². The van der Waals surface area contributed by atoms with Crippen molar-refractivity contribution in [2.24, 2.45) is 0 Å². The van der Waals surface area contributed by atoms with Crippen LogP contribution < -0.4 is 5.32 Å². The first kappa shape index (κ1) is 18.1. The lowest BCUT2D eigenvalue weighted by Gasteiger charge is -2.20. The molecule has 0 atom stereocenters. The highest BCUT2D eigenvalue weighted by molar-refractivity contribution is 6.32. The van der Waals surface area contributed by atoms with E-state index in [4.69, 9.17) is 16.3 Å². The first-order valence-electron chi connectivity index (χ1n) is 6.75. The average molecular weight is 363 g/mol. The number of carbonyl (C=O) groups is 1. The third kappa shape index (κ3) is 4.16. The first-order chi connectivity index (χ1) is 11.0. The fourth-order valence-corrected chi connectivity index (χ4v) is 2.02. The predicted molar refractivity (Wildman–Crippen MR) is 81.2 cm³/mol. The van der Waals surface area contributed by atoms with Crippen LogP contribution in [0, 0.1) is 0 Å². The van der Waals surface area contributed by atoms with E-state index < -0.39 is 29.3 Å². The topological polar surface area (TPSA) is 69.0 Å². The second kappa shape index (κ2) is 6.31. The molecule has 0 aromatic carbocycles. The zero-order valence-electron chi connectivity index (χ0n) is 13.0. The number of amides is 1. The van der Waals surface area contributed by atoms with Crippen LogP contribution in [0.1, 0.15) is 26.5 Å². The second-order valence-electron chi connectivity index (χ2n) is 5.75. The van der Waals surface area contributed by atoms with E-state index in [1.54, 1.807) is 20.8 Å². The highest BCUT2D eigenvalue weighted by Crippen LogP contribution is 2.37. The van der Waals surface area contributed by atoms with Crippen LogP contribution in [-0.2, 0) is 10.9 Å². The molecular formula is C14H14ClF3N4O2. The van der Waals surface area contributed by atoms with Crippen LogP contribution in [0.15, 0.2) is 24.5 Å². The molecule has 0 saturated carbocycles. The number of rotatable bonds is 2. The van der Waals surface area contributed by atoms with Crippen molar-refractivity contribution < 1.29 is 22.7 Å². The Morgan fingerprint density at radius 1 is 1.33 bits per heavy atom. The van der Waals surface area contributed by atoms with Gasteiger partial charge in [0.25, 0.3) is 0 Å². The Balaban J connectivity index is 2.45. The van der Waals surface area contributed by atoms with Crippen molar-refractivity contribution in [1.29, 1.82) is 0 Å². The molecule has 2 aromatic heterocycles. The summed E-state index contributed by atoms with van der Waals surface area (Å²) in [7, 11) is 0. The van der Waals surface area contributed by atoms with Gasteiger partial charge in [0.05, 0.1) is 16.9 Å². The van der Waals surface area contributed by atoms with Crippen molar-refractivity contribution in [2.45, 2.75) is 32.5 Å². The molecule has 0 radical (unpaired) electrons. The number of anilines is 1. The Bertz CT molecular complexity index is 753. The smallest absolute Gasteiger partial charge is 0.435 e. The Labute approximate surface area is 140 Å². The number of nitrogens with one attached hydrogen (secondary N) is 1. The quantitative estimate of drug-likeness (QED) is 0.865. The molecule has 2 aromatic rings. The summed E-state index contributed by atoms with van der Waals surface area (Å²) < 4.78 is 45.7. The highest BCUT2D eigenvalue weighted by Gasteiger charge is 2.40. The molecule has 0 aliphatic heterocycles. The molecule has 0 bridgehead atoms. The SMILES string of the molecule is CC(C)(C)OC(=O)Nc1cnn(-c2ncccc2Cl)c1C(F)(F)F. The van der Waals surface area contributed by atoms with Gasteiger partial charge < -0.3 is 4.74 Å². The van der Waals surface area contributed by atoms with Crippen molar-refractivity contribution >= 4 is 23.4 Å². The Morgan fingerprint density at radius 3 is 2.54 bits per heavy atom. The van der Waals surface area contributed by atoms with Crippen molar-refractivity contribution in [3.63, 3.8) is 0 Å². The van der Waals surface area contributed by atoms with Gasteiger partial charge in [-0.15, -0.1) is 0 Å². The summed E-state index contributed by atoms with van der Waals surface area (Å²) in [5, 5.41) is 5.67. The number of alkyl halides is 3. The lowest BCUT2D eigenvalue weighted by Crippen LogP contribution is -2.28. The molecule has 130 valence electrons. The summed E-state index contributed by atoms with van der Waals surface area (Å²) in [6, 6.07) is 2.86. The molecule has 0 aliphatic carbocycles. The van der Waals surface area contributed by atoms with Gasteiger partial charge >= 0.3 is 12.3 Å². The molecule has 10 heteroatoms. The minimum atomic E-state index is -4.80. The van der Waals surface area contributed by atoms with Crippen LogP contribution in [0.2, 0.25) is 5.02 Å². The fourth-order valence-electron chi connectivity index (χ4n) is 1.82. The second-order valence-corrected chi connectivity index (χ2v) is 6.16. The molecule has 0 saturated heterocycles. The van der Waals surface area contributed by atoms with E-state index in [2.05, 4.69) is 10.1 Å². The lowest BCUT2D eigenvalue weighted by atomic mass is 10.2. The third-order valence-electron chi connectivity index (χ3n) is 2.61. The molecule has 2 rings (SSSR count). The molecule has 2 heterocycles. The number of carbonyl (C=O) groups excluding carboxylic acids is 1. The van der Waals surface area contributed by atoms with Gasteiger partial charge in [0.1, 0.15) is 5.60 Å². The van der Waals surface area contributed by atoms with Gasteiger partial charge in [-0.3, -0.25) is 5.32 Å². The third-order valence-corrected chi connectivity index (χ3v) is 2.91. The molecule has 0 aliphatic rings. The highest BCUT2D eigenvalue weighted by atomic mass is 35.5. The Hall–Kier alpha value is -2.29. The normalized spacial score (nSPS) is 12.1. The van der Waals surface area contributed by atoms with E-state index in [9.17, 15) is 18.0 Å². The molecule has 0 unspecified atom stereocenters. The maximum absolute atomic E-state index is 13.4. The van der Waals surface area contributed by atoms with Crippen molar-refractivity contribution in [3.05, 3.63) is 35.2 Å². The number of hydrogen-bond acceptors (Lipinski definition) is 4. The van der Waals surface area contributed by atoms with Crippen LogP contribution in [0.4, 0.5) is 23.7 Å². The van der Waals surface area contributed by atoms with Gasteiger partial charge in [-0.1, -0.05) is 11.6 Å². The van der Waals surface area contributed by atoms with E-state index in [0.29, 0.717) is 4.68 Å². The molecule has 1 N–H and O–H groups in total. The molecule has 6 nitrogen and oxygen atoms in total. The standard InChI is InChI=1S/C14H14ClF3N4O2/c1-13(2,3)24-12(23)21-9-7-20-22(10(9)14(16,17)18)11-8(15)5-4-6-19-11/h4-7H,1-3H3,(H,21,23). The number of hydrogen-bond donors (Lipinski definition) is 1. The van der Waals surface area contributed by atoms with Gasteiger partial charge in [-0.2, -0.15) is 18.3 Å². The van der Waals surface area contributed by atoms with E-state index in [1.807, 2.05) is 5.32 Å². The minimum absolute atomic E-state index is 0.0186. The summed E-state index contributed by atoms with van der Waals surface area (Å²) >= 11 is 5.88. The summed E-state index contributed by atoms with van der Waals surface area (Å²) in [5.74, 6) is -0.205. The molecule has 24 heavy (non-hydrogen) atoms. The number of aromatic nitrogens is 3. The Kier molecular flexibility index (Phi) is 4.75. The van der Waals surface area contributed by atoms with E-state index in [0.717, 1.165) is 6.20 Å². The lowest BCUT2D eigenvalue weighted by molar-refractivity contribution is -0.142. The maximum atomic E-state index is 13.4. The zero-order valence-corrected chi connectivity index (χ0v) is 13.7. The van der Waals surface area contributed by atoms with E-state index >= 15 is 0 Å².